The van der Waals surface area contributed by atoms with Crippen LogP contribution in [-0.4, -0.2) is 34.7 Å². The molecule has 39 heavy (non-hydrogen) atoms. The predicted molar refractivity (Wildman–Crippen MR) is 149 cm³/mol. The Labute approximate surface area is 228 Å². The van der Waals surface area contributed by atoms with E-state index in [1.54, 1.807) is 30.5 Å². The number of aromatic nitrogens is 2. The molecule has 0 aliphatic heterocycles. The summed E-state index contributed by atoms with van der Waals surface area (Å²) >= 11 is 0. The van der Waals surface area contributed by atoms with Crippen LogP contribution in [0.25, 0.3) is 11.0 Å². The van der Waals surface area contributed by atoms with E-state index in [1.165, 1.54) is 44.2 Å². The van der Waals surface area contributed by atoms with Gasteiger partial charge in [-0.3, -0.25) is 0 Å². The van der Waals surface area contributed by atoms with E-state index >= 15 is 0 Å². The third-order valence-corrected chi connectivity index (χ3v) is 10.3. The minimum absolute atomic E-state index is 0.105. The number of hydrogen-bond donors (Lipinski definition) is 2. The Kier molecular flexibility index (Phi) is 6.89. The number of carboxylic acid groups (broad SMARTS) is 1. The van der Waals surface area contributed by atoms with Crippen molar-refractivity contribution in [2.75, 3.05) is 0 Å². The first kappa shape index (κ1) is 25.6. The van der Waals surface area contributed by atoms with Crippen LogP contribution in [0.15, 0.2) is 71.8 Å². The molecule has 0 amide bonds. The molecule has 8 heteroatoms. The molecular weight excluding hydrogens is 512 g/mol. The average molecular weight is 545 g/mol. The van der Waals surface area contributed by atoms with E-state index < -0.39 is 15.8 Å². The van der Waals surface area contributed by atoms with Crippen molar-refractivity contribution in [3.63, 3.8) is 0 Å². The van der Waals surface area contributed by atoms with E-state index in [-0.39, 0.29) is 16.7 Å². The predicted octanol–water partition coefficient (Wildman–Crippen LogP) is 7.09. The fourth-order valence-corrected chi connectivity index (χ4v) is 7.38. The number of aromatic amines is 1. The van der Waals surface area contributed by atoms with Crippen molar-refractivity contribution in [3.05, 3.63) is 83.7 Å². The number of hydrogen-bond acceptors (Lipinski definition) is 5. The summed E-state index contributed by atoms with van der Waals surface area (Å²) in [5.74, 6) is 0.855. The van der Waals surface area contributed by atoms with Crippen molar-refractivity contribution < 1.29 is 23.1 Å². The van der Waals surface area contributed by atoms with E-state index in [9.17, 15) is 13.2 Å². The van der Waals surface area contributed by atoms with Gasteiger partial charge in [0.05, 0.1) is 21.9 Å². The number of H-pyrrole nitrogens is 1. The van der Waals surface area contributed by atoms with Crippen molar-refractivity contribution in [2.24, 2.45) is 5.92 Å². The summed E-state index contributed by atoms with van der Waals surface area (Å²) in [6.45, 7) is 0. The van der Waals surface area contributed by atoms with Gasteiger partial charge in [0.25, 0.3) is 0 Å². The van der Waals surface area contributed by atoms with Crippen molar-refractivity contribution in [3.8, 4) is 11.5 Å². The molecule has 2 fully saturated rings. The maximum Gasteiger partial charge on any atom is 0.335 e. The van der Waals surface area contributed by atoms with Crippen LogP contribution in [-0.2, 0) is 9.84 Å². The maximum absolute atomic E-state index is 12.7. The second-order valence-electron chi connectivity index (χ2n) is 10.9. The van der Waals surface area contributed by atoms with Crippen LogP contribution in [0.4, 0.5) is 0 Å². The quantitative estimate of drug-likeness (QED) is 0.233. The Morgan fingerprint density at radius 3 is 2.33 bits per heavy atom. The monoisotopic (exact) mass is 544 g/mol. The number of pyridine rings is 1. The van der Waals surface area contributed by atoms with Gasteiger partial charge in [-0.1, -0.05) is 44.2 Å². The first-order valence-corrected chi connectivity index (χ1v) is 15.3. The van der Waals surface area contributed by atoms with E-state index in [2.05, 4.69) is 16.0 Å². The van der Waals surface area contributed by atoms with Crippen LogP contribution in [0.3, 0.4) is 0 Å². The molecule has 2 saturated carbocycles. The molecule has 2 aromatic carbocycles. The molecule has 1 unspecified atom stereocenters. The van der Waals surface area contributed by atoms with Crippen LogP contribution in [0.5, 0.6) is 11.5 Å². The molecule has 2 aliphatic carbocycles. The number of carboxylic acids is 1. The molecule has 0 spiro atoms. The third kappa shape index (κ3) is 5.57. The van der Waals surface area contributed by atoms with Gasteiger partial charge in [-0.2, -0.15) is 0 Å². The average Bonchev–Trinajstić information content (AvgIpc) is 3.73. The summed E-state index contributed by atoms with van der Waals surface area (Å²) in [4.78, 5) is 19.6. The highest BCUT2D eigenvalue weighted by Crippen LogP contribution is 2.39. The molecule has 1 atom stereocenters. The molecule has 7 nitrogen and oxygen atoms in total. The summed E-state index contributed by atoms with van der Waals surface area (Å²) in [6.07, 6.45) is 10.4. The van der Waals surface area contributed by atoms with Crippen molar-refractivity contribution >= 4 is 26.8 Å². The number of benzene rings is 2. The second kappa shape index (κ2) is 10.5. The molecular formula is C31H32N2O5S. The number of carbonyl (C=O) groups is 1. The summed E-state index contributed by atoms with van der Waals surface area (Å²) in [6, 6.07) is 17.8. The van der Waals surface area contributed by atoms with Crippen LogP contribution in [0.1, 0.15) is 78.9 Å². The Hall–Kier alpha value is -3.65. The van der Waals surface area contributed by atoms with Crippen LogP contribution >= 0.6 is 0 Å². The van der Waals surface area contributed by atoms with Gasteiger partial charge < -0.3 is 14.8 Å². The maximum atomic E-state index is 12.7. The largest absolute Gasteiger partial charge is 0.478 e. The second-order valence-corrected chi connectivity index (χ2v) is 13.1. The van der Waals surface area contributed by atoms with Gasteiger partial charge in [-0.05, 0) is 79.3 Å². The fourth-order valence-electron chi connectivity index (χ4n) is 5.72. The van der Waals surface area contributed by atoms with Crippen LogP contribution in [0.2, 0.25) is 0 Å². The van der Waals surface area contributed by atoms with Gasteiger partial charge in [0, 0.05) is 17.0 Å². The zero-order chi connectivity index (χ0) is 27.0. The number of nitrogens with zero attached hydrogens (tertiary/aromatic N) is 1. The van der Waals surface area contributed by atoms with Gasteiger partial charge >= 0.3 is 5.97 Å². The highest BCUT2D eigenvalue weighted by molar-refractivity contribution is 7.92. The molecule has 2 heterocycles. The molecule has 6 rings (SSSR count). The van der Waals surface area contributed by atoms with Gasteiger partial charge in [-0.15, -0.1) is 0 Å². The molecule has 2 N–H and O–H groups in total. The van der Waals surface area contributed by atoms with E-state index in [0.717, 1.165) is 41.6 Å². The Morgan fingerprint density at radius 2 is 1.67 bits per heavy atom. The zero-order valence-corrected chi connectivity index (χ0v) is 22.5. The van der Waals surface area contributed by atoms with E-state index in [1.807, 2.05) is 18.2 Å². The number of ether oxygens (including phenoxy) is 1. The first-order valence-electron chi connectivity index (χ1n) is 13.7. The summed E-state index contributed by atoms with van der Waals surface area (Å²) < 4.78 is 31.4. The van der Waals surface area contributed by atoms with Crippen molar-refractivity contribution in [1.29, 1.82) is 0 Å². The van der Waals surface area contributed by atoms with Crippen molar-refractivity contribution in [1.82, 2.24) is 9.97 Å². The van der Waals surface area contributed by atoms with Gasteiger partial charge in [0.15, 0.2) is 9.84 Å². The fraction of sp³-hybridized carbons (Fsp3) is 0.355. The summed E-state index contributed by atoms with van der Waals surface area (Å²) in [5, 5.41) is 9.82. The molecule has 4 aromatic rings. The van der Waals surface area contributed by atoms with Crippen LogP contribution in [0, 0.1) is 5.92 Å². The van der Waals surface area contributed by atoms with E-state index in [0.29, 0.717) is 22.3 Å². The topological polar surface area (TPSA) is 109 Å². The van der Waals surface area contributed by atoms with E-state index in [4.69, 9.17) is 9.84 Å². The standard InChI is InChI=1S/C31H32N2O5S/c34-31(35)22-6-10-24(11-7-22)38-25-17-23-18-29(33-30(23)32-19-25)28(16-20-4-2-1-3-5-20)21-8-12-26(13-9-21)39(36,37)27-14-15-27/h6-13,17-20,27-28H,1-5,14-16H2,(H,32,33)(H,34,35). The minimum atomic E-state index is -3.22. The summed E-state index contributed by atoms with van der Waals surface area (Å²) in [7, 11) is -3.22. The molecule has 2 aliphatic rings. The highest BCUT2D eigenvalue weighted by atomic mass is 32.2. The van der Waals surface area contributed by atoms with Gasteiger partial charge in [0.2, 0.25) is 0 Å². The van der Waals surface area contributed by atoms with Crippen molar-refractivity contribution in [2.45, 2.75) is 67.4 Å². The number of sulfone groups is 1. The Balaban J connectivity index is 1.28. The Morgan fingerprint density at radius 1 is 0.949 bits per heavy atom. The first-order chi connectivity index (χ1) is 18.9. The number of fused-ring (bicyclic) bond motifs is 1. The zero-order valence-electron chi connectivity index (χ0n) is 21.7. The molecule has 0 radical (unpaired) electrons. The molecule has 0 saturated heterocycles. The molecule has 0 bridgehead atoms. The normalized spacial score (nSPS) is 17.2. The lowest BCUT2D eigenvalue weighted by Gasteiger charge is -2.26. The lowest BCUT2D eigenvalue weighted by molar-refractivity contribution is 0.0697. The van der Waals surface area contributed by atoms with Gasteiger partial charge in [-0.25, -0.2) is 18.2 Å². The minimum Gasteiger partial charge on any atom is -0.478 e. The SMILES string of the molecule is O=C(O)c1ccc(Oc2cnc3[nH]c(C(CC4CCCCC4)c4ccc(S(=O)(=O)C5CC5)cc4)cc3c2)cc1. The van der Waals surface area contributed by atoms with Gasteiger partial charge in [0.1, 0.15) is 17.1 Å². The number of rotatable bonds is 9. The summed E-state index contributed by atoms with van der Waals surface area (Å²) in [5.41, 5.74) is 3.13. The van der Waals surface area contributed by atoms with Crippen LogP contribution < -0.4 is 4.74 Å². The molecule has 2 aromatic heterocycles. The smallest absolute Gasteiger partial charge is 0.335 e. The Bertz CT molecular complexity index is 1580. The third-order valence-electron chi connectivity index (χ3n) is 8.05. The number of nitrogens with one attached hydrogen (secondary N) is 1. The number of aromatic carboxylic acids is 1. The molecule has 202 valence electrons. The lowest BCUT2D eigenvalue weighted by atomic mass is 9.79. The lowest BCUT2D eigenvalue weighted by Crippen LogP contribution is -2.13. The highest BCUT2D eigenvalue weighted by Gasteiger charge is 2.37.